The highest BCUT2D eigenvalue weighted by molar-refractivity contribution is 7.92. The first kappa shape index (κ1) is 34.0. The Morgan fingerprint density at radius 1 is 0.844 bits per heavy atom. The summed E-state index contributed by atoms with van der Waals surface area (Å²) in [7, 11) is -4.22. The van der Waals surface area contributed by atoms with Crippen LogP contribution in [0.4, 0.5) is 5.69 Å². The second-order valence-electron chi connectivity index (χ2n) is 11.3. The van der Waals surface area contributed by atoms with Gasteiger partial charge < -0.3 is 10.2 Å². The number of nitrogens with zero attached hydrogens (tertiary/aromatic N) is 2. The van der Waals surface area contributed by atoms with Crippen LogP contribution in [-0.2, 0) is 32.6 Å². The Kier molecular flexibility index (Phi) is 11.7. The van der Waals surface area contributed by atoms with Crippen LogP contribution in [0.2, 0.25) is 10.0 Å². The van der Waals surface area contributed by atoms with Gasteiger partial charge in [0.1, 0.15) is 12.6 Å². The van der Waals surface area contributed by atoms with Gasteiger partial charge >= 0.3 is 0 Å². The average molecular weight is 667 g/mol. The minimum Gasteiger partial charge on any atom is -0.354 e. The lowest BCUT2D eigenvalue weighted by molar-refractivity contribution is -0.140. The second kappa shape index (κ2) is 15.4. The summed E-state index contributed by atoms with van der Waals surface area (Å²) in [4.78, 5) is 29.8. The third kappa shape index (κ3) is 9.10. The molecule has 1 atom stereocenters. The zero-order valence-corrected chi connectivity index (χ0v) is 27.8. The number of anilines is 1. The average Bonchev–Trinajstić information content (AvgIpc) is 3.01. The molecule has 0 bridgehead atoms. The molecular weight excluding hydrogens is 629 g/mol. The predicted octanol–water partition coefficient (Wildman–Crippen LogP) is 6.91. The lowest BCUT2D eigenvalue weighted by Crippen LogP contribution is -2.53. The normalized spacial score (nSPS) is 12.0. The zero-order valence-electron chi connectivity index (χ0n) is 25.5. The molecule has 2 amide bonds. The fourth-order valence-electron chi connectivity index (χ4n) is 4.83. The maximum Gasteiger partial charge on any atom is 0.264 e. The van der Waals surface area contributed by atoms with E-state index >= 15 is 0 Å². The quantitative estimate of drug-likeness (QED) is 0.168. The van der Waals surface area contributed by atoms with Crippen LogP contribution in [0, 0.1) is 12.8 Å². The Labute approximate surface area is 275 Å². The number of carbonyl (C=O) groups is 2. The van der Waals surface area contributed by atoms with Gasteiger partial charge in [0.2, 0.25) is 11.8 Å². The van der Waals surface area contributed by atoms with Crippen molar-refractivity contribution in [2.24, 2.45) is 5.92 Å². The molecular formula is C35H37Cl2N3O4S. The first-order valence-corrected chi connectivity index (χ1v) is 16.8. The van der Waals surface area contributed by atoms with Crippen molar-refractivity contribution in [3.8, 4) is 0 Å². The van der Waals surface area contributed by atoms with E-state index in [0.717, 1.165) is 15.4 Å². The van der Waals surface area contributed by atoms with Crippen LogP contribution < -0.4 is 9.62 Å². The van der Waals surface area contributed by atoms with Gasteiger partial charge in [0, 0.05) is 29.6 Å². The van der Waals surface area contributed by atoms with Crippen LogP contribution in [0.1, 0.15) is 30.5 Å². The number of amides is 2. The van der Waals surface area contributed by atoms with Gasteiger partial charge in [-0.25, -0.2) is 8.42 Å². The summed E-state index contributed by atoms with van der Waals surface area (Å²) in [6, 6.07) is 28.3. The molecule has 0 aliphatic rings. The van der Waals surface area contributed by atoms with E-state index in [9.17, 15) is 18.0 Å². The summed E-state index contributed by atoms with van der Waals surface area (Å²) in [5.74, 6) is -0.717. The fourth-order valence-corrected chi connectivity index (χ4v) is 6.56. The van der Waals surface area contributed by atoms with Crippen LogP contribution in [-0.4, -0.2) is 44.3 Å². The number of hydrogen-bond donors (Lipinski definition) is 1. The summed E-state index contributed by atoms with van der Waals surface area (Å²) in [5, 5.41) is 3.80. The topological polar surface area (TPSA) is 86.8 Å². The molecule has 0 fully saturated rings. The second-order valence-corrected chi connectivity index (χ2v) is 14.0. The van der Waals surface area contributed by atoms with E-state index in [1.807, 2.05) is 57.2 Å². The molecule has 4 aromatic carbocycles. The molecule has 4 aromatic rings. The van der Waals surface area contributed by atoms with Crippen molar-refractivity contribution in [3.63, 3.8) is 0 Å². The zero-order chi connectivity index (χ0) is 32.6. The van der Waals surface area contributed by atoms with Crippen molar-refractivity contribution in [1.82, 2.24) is 10.2 Å². The first-order valence-electron chi connectivity index (χ1n) is 14.6. The number of carbonyl (C=O) groups excluding carboxylic acids is 2. The van der Waals surface area contributed by atoms with Gasteiger partial charge in [0.25, 0.3) is 10.0 Å². The molecule has 10 heteroatoms. The van der Waals surface area contributed by atoms with Gasteiger partial charge in [-0.05, 0) is 72.0 Å². The minimum atomic E-state index is -4.22. The van der Waals surface area contributed by atoms with Gasteiger partial charge in [-0.2, -0.15) is 0 Å². The molecule has 45 heavy (non-hydrogen) atoms. The van der Waals surface area contributed by atoms with Crippen molar-refractivity contribution >= 4 is 50.7 Å². The summed E-state index contributed by atoms with van der Waals surface area (Å²) in [6.45, 7) is 5.67. The van der Waals surface area contributed by atoms with Gasteiger partial charge in [0.15, 0.2) is 0 Å². The van der Waals surface area contributed by atoms with E-state index in [0.29, 0.717) is 27.8 Å². The number of aryl methyl sites for hydroxylation is 1. The van der Waals surface area contributed by atoms with Gasteiger partial charge in [-0.1, -0.05) is 97.7 Å². The smallest absolute Gasteiger partial charge is 0.264 e. The lowest BCUT2D eigenvalue weighted by atomic mass is 10.0. The number of rotatable bonds is 13. The number of hydrogen-bond acceptors (Lipinski definition) is 4. The number of sulfonamides is 1. The maximum absolute atomic E-state index is 14.5. The van der Waals surface area contributed by atoms with E-state index < -0.39 is 28.5 Å². The largest absolute Gasteiger partial charge is 0.354 e. The molecule has 236 valence electrons. The lowest BCUT2D eigenvalue weighted by Gasteiger charge is -2.34. The molecule has 7 nitrogen and oxygen atoms in total. The summed E-state index contributed by atoms with van der Waals surface area (Å²) in [6.07, 6.45) is 0.218. The third-order valence-corrected chi connectivity index (χ3v) is 9.63. The predicted molar refractivity (Wildman–Crippen MR) is 181 cm³/mol. The summed E-state index contributed by atoms with van der Waals surface area (Å²) < 4.78 is 29.3. The Morgan fingerprint density at radius 3 is 2.16 bits per heavy atom. The molecule has 0 aliphatic carbocycles. The number of nitrogens with one attached hydrogen (secondary N) is 1. The molecule has 0 aromatic heterocycles. The van der Waals surface area contributed by atoms with Crippen molar-refractivity contribution in [1.29, 1.82) is 0 Å². The van der Waals surface area contributed by atoms with Crippen LogP contribution in [0.25, 0.3) is 0 Å². The molecule has 0 saturated heterocycles. The highest BCUT2D eigenvalue weighted by Crippen LogP contribution is 2.27. The van der Waals surface area contributed by atoms with Crippen LogP contribution in [0.15, 0.2) is 108 Å². The summed E-state index contributed by atoms with van der Waals surface area (Å²) >= 11 is 12.6. The van der Waals surface area contributed by atoms with Crippen LogP contribution in [0.3, 0.4) is 0 Å². The number of benzene rings is 4. The van der Waals surface area contributed by atoms with E-state index in [1.54, 1.807) is 42.5 Å². The van der Waals surface area contributed by atoms with Crippen LogP contribution >= 0.6 is 23.2 Å². The number of halogens is 2. The van der Waals surface area contributed by atoms with Crippen molar-refractivity contribution in [2.75, 3.05) is 17.4 Å². The fraction of sp³-hybridized carbons (Fsp3) is 0.257. The minimum absolute atomic E-state index is 0.00619. The summed E-state index contributed by atoms with van der Waals surface area (Å²) in [5.41, 5.74) is 2.62. The molecule has 0 aliphatic heterocycles. The van der Waals surface area contributed by atoms with E-state index in [4.69, 9.17) is 23.2 Å². The van der Waals surface area contributed by atoms with Crippen molar-refractivity contribution < 1.29 is 18.0 Å². The van der Waals surface area contributed by atoms with E-state index in [-0.39, 0.29) is 29.7 Å². The highest BCUT2D eigenvalue weighted by atomic mass is 35.5. The SMILES string of the molecule is Cc1cccc(N(CC(=O)N(Cc2ccccc2Cl)C(Cc2ccccc2)C(=O)NCC(C)C)S(=O)(=O)c2ccc(Cl)cc2)c1. The van der Waals surface area contributed by atoms with Gasteiger partial charge in [-0.3, -0.25) is 13.9 Å². The molecule has 4 rings (SSSR count). The Hall–Kier alpha value is -3.85. The molecule has 1 N–H and O–H groups in total. The molecule has 0 spiro atoms. The molecule has 1 unspecified atom stereocenters. The van der Waals surface area contributed by atoms with Crippen molar-refractivity contribution in [3.05, 3.63) is 130 Å². The standard InChI is InChI=1S/C35H37Cl2N3O4S/c1-25(2)22-38-35(42)33(21-27-11-5-4-6-12-27)39(23-28-13-7-8-15-32(28)37)34(41)24-40(30-14-9-10-26(3)20-30)45(43,44)31-18-16-29(36)17-19-31/h4-20,25,33H,21-24H2,1-3H3,(H,38,42). The first-order chi connectivity index (χ1) is 21.5. The molecule has 0 radical (unpaired) electrons. The third-order valence-electron chi connectivity index (χ3n) is 7.22. The monoisotopic (exact) mass is 665 g/mol. The Balaban J connectivity index is 1.81. The van der Waals surface area contributed by atoms with E-state index in [1.165, 1.54) is 29.2 Å². The van der Waals surface area contributed by atoms with Crippen LogP contribution in [0.5, 0.6) is 0 Å². The Morgan fingerprint density at radius 2 is 1.51 bits per heavy atom. The molecule has 0 heterocycles. The van der Waals surface area contributed by atoms with E-state index in [2.05, 4.69) is 5.32 Å². The van der Waals surface area contributed by atoms with Gasteiger partial charge in [-0.15, -0.1) is 0 Å². The highest BCUT2D eigenvalue weighted by Gasteiger charge is 2.35. The van der Waals surface area contributed by atoms with Crippen molar-refractivity contribution in [2.45, 2.75) is 44.7 Å². The molecule has 0 saturated carbocycles. The Bertz CT molecular complexity index is 1710. The van der Waals surface area contributed by atoms with Gasteiger partial charge in [0.05, 0.1) is 10.6 Å². The maximum atomic E-state index is 14.5.